The molecule has 3 unspecified atom stereocenters. The van der Waals surface area contributed by atoms with Crippen LogP contribution in [-0.2, 0) is 0 Å². The molecule has 0 fully saturated rings. The quantitative estimate of drug-likeness (QED) is 0.640. The van der Waals surface area contributed by atoms with Gasteiger partial charge in [0.15, 0.2) is 0 Å². The summed E-state index contributed by atoms with van der Waals surface area (Å²) in [6, 6.07) is 0.684. The van der Waals surface area contributed by atoms with Crippen LogP contribution in [0.2, 0.25) is 0 Å². The molecule has 3 atom stereocenters. The van der Waals surface area contributed by atoms with E-state index in [1.54, 1.807) is 0 Å². The summed E-state index contributed by atoms with van der Waals surface area (Å²) < 4.78 is 0. The van der Waals surface area contributed by atoms with Crippen molar-refractivity contribution in [2.24, 2.45) is 11.8 Å². The molecule has 1 nitrogen and oxygen atoms in total. The van der Waals surface area contributed by atoms with E-state index < -0.39 is 0 Å². The van der Waals surface area contributed by atoms with Crippen LogP contribution in [0.4, 0.5) is 0 Å². The first-order valence-electron chi connectivity index (χ1n) is 5.83. The second-order valence-corrected chi connectivity index (χ2v) is 4.55. The Kier molecular flexibility index (Phi) is 7.35. The van der Waals surface area contributed by atoms with Gasteiger partial charge in [0.2, 0.25) is 0 Å². The lowest BCUT2D eigenvalue weighted by Crippen LogP contribution is -2.27. The highest BCUT2D eigenvalue weighted by molar-refractivity contribution is 4.66. The molecule has 0 rings (SSSR count). The zero-order valence-corrected chi connectivity index (χ0v) is 10.1. The van der Waals surface area contributed by atoms with Gasteiger partial charge in [-0.15, -0.1) is 0 Å². The van der Waals surface area contributed by atoms with Crippen LogP contribution in [0, 0.1) is 11.8 Å². The van der Waals surface area contributed by atoms with Gasteiger partial charge in [0, 0.05) is 6.04 Å². The minimum Gasteiger partial charge on any atom is -0.315 e. The van der Waals surface area contributed by atoms with Crippen molar-refractivity contribution in [3.8, 4) is 0 Å². The topological polar surface area (TPSA) is 12.0 Å². The maximum Gasteiger partial charge on any atom is 0.00411 e. The normalized spacial score (nSPS) is 18.2. The van der Waals surface area contributed by atoms with Crippen molar-refractivity contribution in [2.45, 2.75) is 59.9 Å². The second kappa shape index (κ2) is 7.37. The second-order valence-electron chi connectivity index (χ2n) is 4.55. The Balaban J connectivity index is 3.54. The first kappa shape index (κ1) is 13.0. The monoisotopic (exact) mass is 185 g/mol. The molecule has 0 aliphatic rings. The van der Waals surface area contributed by atoms with Gasteiger partial charge >= 0.3 is 0 Å². The van der Waals surface area contributed by atoms with Crippen LogP contribution < -0.4 is 5.32 Å². The van der Waals surface area contributed by atoms with Crippen molar-refractivity contribution < 1.29 is 0 Å². The lowest BCUT2D eigenvalue weighted by atomic mass is 9.91. The van der Waals surface area contributed by atoms with Gasteiger partial charge in [-0.1, -0.05) is 34.1 Å². The van der Waals surface area contributed by atoms with E-state index in [2.05, 4.69) is 39.9 Å². The van der Waals surface area contributed by atoms with Crippen LogP contribution in [0.15, 0.2) is 0 Å². The van der Waals surface area contributed by atoms with E-state index in [0.29, 0.717) is 6.04 Å². The molecular formula is C12H27N. The summed E-state index contributed by atoms with van der Waals surface area (Å²) in [7, 11) is 0. The summed E-state index contributed by atoms with van der Waals surface area (Å²) in [5, 5.41) is 3.47. The minimum absolute atomic E-state index is 0.684. The summed E-state index contributed by atoms with van der Waals surface area (Å²) >= 11 is 0. The molecule has 0 heterocycles. The first-order valence-corrected chi connectivity index (χ1v) is 5.83. The number of hydrogen-bond donors (Lipinski definition) is 1. The smallest absolute Gasteiger partial charge is 0.00411 e. The molecule has 1 heteroatoms. The highest BCUT2D eigenvalue weighted by Crippen LogP contribution is 2.18. The van der Waals surface area contributed by atoms with Gasteiger partial charge < -0.3 is 5.32 Å². The Morgan fingerprint density at radius 3 is 2.00 bits per heavy atom. The predicted molar refractivity (Wildman–Crippen MR) is 61.0 cm³/mol. The maximum absolute atomic E-state index is 3.47. The summed E-state index contributed by atoms with van der Waals surface area (Å²) in [6.07, 6.45) is 4.02. The third-order valence-electron chi connectivity index (χ3n) is 2.81. The highest BCUT2D eigenvalue weighted by atomic mass is 14.9. The van der Waals surface area contributed by atoms with Gasteiger partial charge in [0.1, 0.15) is 0 Å². The Morgan fingerprint density at radius 2 is 1.54 bits per heavy atom. The number of nitrogens with one attached hydrogen (secondary N) is 1. The first-order chi connectivity index (χ1) is 6.10. The molecule has 13 heavy (non-hydrogen) atoms. The van der Waals surface area contributed by atoms with Gasteiger partial charge in [-0.2, -0.15) is 0 Å². The summed E-state index contributed by atoms with van der Waals surface area (Å²) in [5.41, 5.74) is 0. The maximum atomic E-state index is 3.47. The summed E-state index contributed by atoms with van der Waals surface area (Å²) in [5.74, 6) is 1.76. The third-order valence-corrected chi connectivity index (χ3v) is 2.81. The van der Waals surface area contributed by atoms with Crippen molar-refractivity contribution >= 4 is 0 Å². The molecular weight excluding hydrogens is 158 g/mol. The van der Waals surface area contributed by atoms with Crippen LogP contribution in [0.5, 0.6) is 0 Å². The van der Waals surface area contributed by atoms with E-state index in [0.717, 1.165) is 18.4 Å². The molecule has 0 bridgehead atoms. The minimum atomic E-state index is 0.684. The van der Waals surface area contributed by atoms with Crippen molar-refractivity contribution in [1.29, 1.82) is 0 Å². The summed E-state index contributed by atoms with van der Waals surface area (Å²) in [6.45, 7) is 12.6. The average molecular weight is 185 g/mol. The fourth-order valence-corrected chi connectivity index (χ4v) is 1.99. The Hall–Kier alpha value is -0.0400. The van der Waals surface area contributed by atoms with E-state index in [1.165, 1.54) is 19.3 Å². The molecule has 0 saturated heterocycles. The van der Waals surface area contributed by atoms with Gasteiger partial charge in [0.25, 0.3) is 0 Å². The van der Waals surface area contributed by atoms with Crippen molar-refractivity contribution in [3.05, 3.63) is 0 Å². The predicted octanol–water partition coefficient (Wildman–Crippen LogP) is 3.45. The van der Waals surface area contributed by atoms with E-state index in [9.17, 15) is 0 Å². The molecule has 0 amide bonds. The number of hydrogen-bond acceptors (Lipinski definition) is 1. The Labute approximate surface area is 84.3 Å². The molecule has 0 saturated carbocycles. The zero-order valence-electron chi connectivity index (χ0n) is 10.1. The summed E-state index contributed by atoms with van der Waals surface area (Å²) in [4.78, 5) is 0. The molecule has 0 aromatic rings. The Bertz CT molecular complexity index is 112. The third kappa shape index (κ3) is 7.06. The van der Waals surface area contributed by atoms with E-state index in [1.807, 2.05) is 0 Å². The molecule has 0 radical (unpaired) electrons. The standard InChI is InChI=1S/C12H27N/c1-6-10(3)8-11(4)9-12(5)13-7-2/h10-13H,6-9H2,1-5H3. The molecule has 80 valence electrons. The van der Waals surface area contributed by atoms with Gasteiger partial charge in [-0.05, 0) is 38.1 Å². The van der Waals surface area contributed by atoms with Crippen molar-refractivity contribution in [2.75, 3.05) is 6.54 Å². The van der Waals surface area contributed by atoms with Crippen LogP contribution >= 0.6 is 0 Å². The largest absolute Gasteiger partial charge is 0.315 e. The highest BCUT2D eigenvalue weighted by Gasteiger charge is 2.10. The van der Waals surface area contributed by atoms with E-state index in [-0.39, 0.29) is 0 Å². The molecule has 0 aromatic carbocycles. The SMILES string of the molecule is CCNC(C)CC(C)CC(C)CC. The Morgan fingerprint density at radius 1 is 0.923 bits per heavy atom. The van der Waals surface area contributed by atoms with E-state index >= 15 is 0 Å². The molecule has 1 N–H and O–H groups in total. The molecule has 0 spiro atoms. The average Bonchev–Trinajstić information content (AvgIpc) is 2.04. The molecule has 0 aromatic heterocycles. The lowest BCUT2D eigenvalue weighted by Gasteiger charge is -2.20. The van der Waals surface area contributed by atoms with Crippen molar-refractivity contribution in [3.63, 3.8) is 0 Å². The lowest BCUT2D eigenvalue weighted by molar-refractivity contribution is 0.349. The van der Waals surface area contributed by atoms with Crippen LogP contribution in [0.3, 0.4) is 0 Å². The van der Waals surface area contributed by atoms with Crippen molar-refractivity contribution in [1.82, 2.24) is 5.32 Å². The van der Waals surface area contributed by atoms with Crippen LogP contribution in [0.25, 0.3) is 0 Å². The van der Waals surface area contributed by atoms with Gasteiger partial charge in [0.05, 0.1) is 0 Å². The van der Waals surface area contributed by atoms with Crippen LogP contribution in [-0.4, -0.2) is 12.6 Å². The zero-order chi connectivity index (χ0) is 10.3. The molecule has 0 aliphatic heterocycles. The van der Waals surface area contributed by atoms with Crippen LogP contribution in [0.1, 0.15) is 53.9 Å². The fraction of sp³-hybridized carbons (Fsp3) is 1.00. The van der Waals surface area contributed by atoms with E-state index in [4.69, 9.17) is 0 Å². The number of rotatable bonds is 7. The molecule has 0 aliphatic carbocycles. The van der Waals surface area contributed by atoms with Gasteiger partial charge in [-0.25, -0.2) is 0 Å². The fourth-order valence-electron chi connectivity index (χ4n) is 1.99. The van der Waals surface area contributed by atoms with Gasteiger partial charge in [-0.3, -0.25) is 0 Å².